The van der Waals surface area contributed by atoms with Crippen molar-refractivity contribution in [1.29, 1.82) is 0 Å². The van der Waals surface area contributed by atoms with Crippen LogP contribution in [-0.2, 0) is 11.2 Å². The smallest absolute Gasteiger partial charge is 0.187 e. The van der Waals surface area contributed by atoms with E-state index in [0.717, 1.165) is 6.42 Å². The van der Waals surface area contributed by atoms with Gasteiger partial charge in [0.15, 0.2) is 5.88 Å². The Bertz CT molecular complexity index is 442. The lowest BCUT2D eigenvalue weighted by atomic mass is 10.1. The molecule has 4 heteroatoms. The van der Waals surface area contributed by atoms with Crippen molar-refractivity contribution in [1.82, 2.24) is 9.80 Å². The molecule has 0 heterocycles. The molecule has 1 aromatic rings. The summed E-state index contributed by atoms with van der Waals surface area (Å²) in [6.07, 6.45) is 0.925. The molecular formula is C16H25N3O. The SMILES string of the molecule is C=C(N)N(C)C(=C)OCC(Cc1ccccc1)N(C)C. The molecule has 0 aromatic heterocycles. The molecule has 0 saturated carbocycles. The number of benzene rings is 1. The highest BCUT2D eigenvalue weighted by Crippen LogP contribution is 2.10. The fourth-order valence-corrected chi connectivity index (χ4v) is 1.73. The van der Waals surface area contributed by atoms with E-state index in [0.29, 0.717) is 18.3 Å². The Kier molecular flexibility index (Phi) is 6.12. The summed E-state index contributed by atoms with van der Waals surface area (Å²) in [4.78, 5) is 3.78. The van der Waals surface area contributed by atoms with Crippen LogP contribution in [0.25, 0.3) is 0 Å². The predicted molar refractivity (Wildman–Crippen MR) is 83.8 cm³/mol. The van der Waals surface area contributed by atoms with Gasteiger partial charge in [0.05, 0.1) is 5.82 Å². The highest BCUT2D eigenvalue weighted by atomic mass is 16.5. The third kappa shape index (κ3) is 4.97. The van der Waals surface area contributed by atoms with Gasteiger partial charge in [-0.15, -0.1) is 0 Å². The van der Waals surface area contributed by atoms with Gasteiger partial charge in [-0.05, 0) is 32.7 Å². The molecule has 0 aliphatic rings. The van der Waals surface area contributed by atoms with Crippen LogP contribution >= 0.6 is 0 Å². The largest absolute Gasteiger partial charge is 0.478 e. The predicted octanol–water partition coefficient (Wildman–Crippen LogP) is 2.01. The normalized spacial score (nSPS) is 12.0. The van der Waals surface area contributed by atoms with Crippen LogP contribution in [0.5, 0.6) is 0 Å². The van der Waals surface area contributed by atoms with Crippen molar-refractivity contribution in [3.05, 3.63) is 60.8 Å². The second kappa shape index (κ2) is 7.60. The van der Waals surface area contributed by atoms with Crippen LogP contribution in [0.3, 0.4) is 0 Å². The first-order valence-electron chi connectivity index (χ1n) is 6.62. The van der Waals surface area contributed by atoms with Gasteiger partial charge in [-0.2, -0.15) is 0 Å². The second-order valence-corrected chi connectivity index (χ2v) is 5.06. The highest BCUT2D eigenvalue weighted by molar-refractivity contribution is 5.16. The van der Waals surface area contributed by atoms with E-state index in [1.165, 1.54) is 5.56 Å². The summed E-state index contributed by atoms with van der Waals surface area (Å²) in [6, 6.07) is 10.6. The van der Waals surface area contributed by atoms with E-state index in [-0.39, 0.29) is 6.04 Å². The standard InChI is InChI=1S/C16H25N3O/c1-13(17)19(5)14(2)20-12-16(18(3)4)11-15-9-7-6-8-10-15/h6-10,16H,1-2,11-12,17H2,3-5H3. The molecule has 0 bridgehead atoms. The molecule has 20 heavy (non-hydrogen) atoms. The highest BCUT2D eigenvalue weighted by Gasteiger charge is 2.14. The Morgan fingerprint density at radius 1 is 1.20 bits per heavy atom. The third-order valence-electron chi connectivity index (χ3n) is 3.29. The summed E-state index contributed by atoms with van der Waals surface area (Å²) < 4.78 is 5.71. The lowest BCUT2D eigenvalue weighted by Crippen LogP contribution is -2.35. The van der Waals surface area contributed by atoms with E-state index >= 15 is 0 Å². The van der Waals surface area contributed by atoms with Crippen molar-refractivity contribution < 1.29 is 4.74 Å². The molecule has 1 atom stereocenters. The van der Waals surface area contributed by atoms with Crippen LogP contribution in [0.1, 0.15) is 5.56 Å². The molecule has 0 fully saturated rings. The molecule has 0 aliphatic carbocycles. The van der Waals surface area contributed by atoms with Gasteiger partial charge in [0.25, 0.3) is 0 Å². The molecule has 1 aromatic carbocycles. The zero-order valence-corrected chi connectivity index (χ0v) is 12.7. The lowest BCUT2D eigenvalue weighted by molar-refractivity contribution is 0.0921. The van der Waals surface area contributed by atoms with E-state index in [4.69, 9.17) is 10.5 Å². The quantitative estimate of drug-likeness (QED) is 0.737. The molecule has 1 rings (SSSR count). The maximum atomic E-state index is 5.71. The van der Waals surface area contributed by atoms with E-state index in [2.05, 4.69) is 30.2 Å². The van der Waals surface area contributed by atoms with Gasteiger partial charge in [-0.25, -0.2) is 0 Å². The minimum absolute atomic E-state index is 0.272. The van der Waals surface area contributed by atoms with E-state index in [9.17, 15) is 0 Å². The van der Waals surface area contributed by atoms with Crippen LogP contribution in [0.2, 0.25) is 0 Å². The van der Waals surface area contributed by atoms with Gasteiger partial charge in [0, 0.05) is 13.1 Å². The zero-order chi connectivity index (χ0) is 15.1. The summed E-state index contributed by atoms with van der Waals surface area (Å²) >= 11 is 0. The molecule has 4 nitrogen and oxygen atoms in total. The van der Waals surface area contributed by atoms with E-state index in [1.54, 1.807) is 11.9 Å². The Morgan fingerprint density at radius 2 is 1.80 bits per heavy atom. The maximum absolute atomic E-state index is 5.71. The van der Waals surface area contributed by atoms with Gasteiger partial charge in [-0.1, -0.05) is 36.9 Å². The minimum atomic E-state index is 0.272. The van der Waals surface area contributed by atoms with Crippen molar-refractivity contribution >= 4 is 0 Å². The Morgan fingerprint density at radius 3 is 2.30 bits per heavy atom. The number of nitrogens with two attached hydrogens (primary N) is 1. The summed E-state index contributed by atoms with van der Waals surface area (Å²) in [5.74, 6) is 0.928. The number of rotatable bonds is 8. The topological polar surface area (TPSA) is 41.7 Å². The van der Waals surface area contributed by atoms with Crippen molar-refractivity contribution in [2.24, 2.45) is 5.73 Å². The van der Waals surface area contributed by atoms with Gasteiger partial charge in [0.1, 0.15) is 6.61 Å². The summed E-state index contributed by atoms with van der Waals surface area (Å²) in [7, 11) is 5.88. The zero-order valence-electron chi connectivity index (χ0n) is 12.7. The van der Waals surface area contributed by atoms with Crippen LogP contribution < -0.4 is 5.73 Å². The summed E-state index contributed by atoms with van der Waals surface area (Å²) in [6.45, 7) is 8.07. The average Bonchev–Trinajstić information content (AvgIpc) is 2.42. The minimum Gasteiger partial charge on any atom is -0.478 e. The van der Waals surface area contributed by atoms with E-state index in [1.807, 2.05) is 32.3 Å². The van der Waals surface area contributed by atoms with Gasteiger partial charge >= 0.3 is 0 Å². The number of hydrogen-bond acceptors (Lipinski definition) is 4. The second-order valence-electron chi connectivity index (χ2n) is 5.06. The monoisotopic (exact) mass is 275 g/mol. The van der Waals surface area contributed by atoms with Crippen molar-refractivity contribution in [3.8, 4) is 0 Å². The summed E-state index contributed by atoms with van der Waals surface area (Å²) in [5.41, 5.74) is 6.90. The average molecular weight is 275 g/mol. The first kappa shape index (κ1) is 16.1. The number of ether oxygens (including phenoxy) is 1. The first-order chi connectivity index (χ1) is 9.41. The van der Waals surface area contributed by atoms with Crippen molar-refractivity contribution in [3.63, 3.8) is 0 Å². The molecule has 0 amide bonds. The van der Waals surface area contributed by atoms with Gasteiger partial charge < -0.3 is 20.3 Å². The van der Waals surface area contributed by atoms with Crippen molar-refractivity contribution in [2.75, 3.05) is 27.7 Å². The number of nitrogens with zero attached hydrogens (tertiary/aromatic N) is 2. The van der Waals surface area contributed by atoms with Gasteiger partial charge in [0.2, 0.25) is 0 Å². The molecule has 2 N–H and O–H groups in total. The Balaban J connectivity index is 2.56. The summed E-state index contributed by atoms with van der Waals surface area (Å²) in [5, 5.41) is 0. The van der Waals surface area contributed by atoms with Crippen LogP contribution in [0, 0.1) is 0 Å². The molecule has 0 radical (unpaired) electrons. The fraction of sp³-hybridized carbons (Fsp3) is 0.375. The Labute approximate surface area is 122 Å². The van der Waals surface area contributed by atoms with E-state index < -0.39 is 0 Å². The maximum Gasteiger partial charge on any atom is 0.187 e. The van der Waals surface area contributed by atoms with Crippen LogP contribution in [0.4, 0.5) is 0 Å². The lowest BCUT2D eigenvalue weighted by Gasteiger charge is -2.27. The van der Waals surface area contributed by atoms with Crippen molar-refractivity contribution in [2.45, 2.75) is 12.5 Å². The molecule has 1 unspecified atom stereocenters. The number of likely N-dealkylation sites (N-methyl/N-ethyl adjacent to an activating group) is 1. The third-order valence-corrected chi connectivity index (χ3v) is 3.29. The fourth-order valence-electron chi connectivity index (χ4n) is 1.73. The van der Waals surface area contributed by atoms with Gasteiger partial charge in [-0.3, -0.25) is 0 Å². The molecule has 0 aliphatic heterocycles. The molecular weight excluding hydrogens is 250 g/mol. The first-order valence-corrected chi connectivity index (χ1v) is 6.62. The van der Waals surface area contributed by atoms with Crippen LogP contribution in [0.15, 0.2) is 55.2 Å². The Hall–Kier alpha value is -1.94. The molecule has 0 spiro atoms. The number of hydrogen-bond donors (Lipinski definition) is 1. The van der Waals surface area contributed by atoms with Crippen LogP contribution in [-0.4, -0.2) is 43.6 Å². The molecule has 0 saturated heterocycles. The molecule has 110 valence electrons.